The molecule has 0 radical (unpaired) electrons. The Morgan fingerprint density at radius 3 is 2.96 bits per heavy atom. The lowest BCUT2D eigenvalue weighted by atomic mass is 10.0. The van der Waals surface area contributed by atoms with E-state index in [4.69, 9.17) is 4.74 Å². The van der Waals surface area contributed by atoms with Crippen molar-refractivity contribution in [2.75, 3.05) is 38.3 Å². The molecule has 126 valence electrons. The first-order valence-corrected chi connectivity index (χ1v) is 8.04. The first-order chi connectivity index (χ1) is 11.8. The van der Waals surface area contributed by atoms with Gasteiger partial charge in [0.05, 0.1) is 13.2 Å². The molecule has 0 bridgehead atoms. The largest absolute Gasteiger partial charge is 0.379 e. The van der Waals surface area contributed by atoms with Gasteiger partial charge in [0.15, 0.2) is 0 Å². The van der Waals surface area contributed by atoms with E-state index in [1.54, 1.807) is 25.5 Å². The molecule has 1 amide bonds. The summed E-state index contributed by atoms with van der Waals surface area (Å²) in [5, 5.41) is 2.60. The van der Waals surface area contributed by atoms with Crippen molar-refractivity contribution in [1.82, 2.24) is 20.3 Å². The highest BCUT2D eigenvalue weighted by Crippen LogP contribution is 2.16. The standard InChI is InChI=1S/C17H21N5O2/c1-18-16(23)15-5-2-4-14(21-15)10-13-11-22(8-9-24-12-13)17-19-6-3-7-20-17/h2-7,13H,8-12H2,1H3,(H,18,23)/t13-/m0/s1. The summed E-state index contributed by atoms with van der Waals surface area (Å²) in [6, 6.07) is 7.34. The number of amides is 1. The van der Waals surface area contributed by atoms with Gasteiger partial charge in [0.2, 0.25) is 5.95 Å². The molecule has 2 aromatic rings. The minimum atomic E-state index is -0.173. The van der Waals surface area contributed by atoms with Gasteiger partial charge in [0.25, 0.3) is 5.91 Å². The molecule has 0 spiro atoms. The van der Waals surface area contributed by atoms with Gasteiger partial charge in [-0.2, -0.15) is 0 Å². The van der Waals surface area contributed by atoms with Gasteiger partial charge in [0.1, 0.15) is 5.69 Å². The molecule has 0 aliphatic carbocycles. The SMILES string of the molecule is CNC(=O)c1cccc(C[C@@H]2COCCN(c3ncccn3)C2)n1. The predicted molar refractivity (Wildman–Crippen MR) is 89.9 cm³/mol. The van der Waals surface area contributed by atoms with Gasteiger partial charge in [-0.25, -0.2) is 15.0 Å². The van der Waals surface area contributed by atoms with Crippen molar-refractivity contribution in [2.45, 2.75) is 6.42 Å². The van der Waals surface area contributed by atoms with E-state index in [1.165, 1.54) is 0 Å². The number of anilines is 1. The van der Waals surface area contributed by atoms with Crippen LogP contribution < -0.4 is 10.2 Å². The van der Waals surface area contributed by atoms with Gasteiger partial charge in [0, 0.05) is 44.1 Å². The van der Waals surface area contributed by atoms with Crippen LogP contribution in [0, 0.1) is 5.92 Å². The Bertz CT molecular complexity index is 680. The van der Waals surface area contributed by atoms with Crippen molar-refractivity contribution >= 4 is 11.9 Å². The maximum absolute atomic E-state index is 11.7. The third kappa shape index (κ3) is 4.05. The molecule has 24 heavy (non-hydrogen) atoms. The van der Waals surface area contributed by atoms with Crippen molar-refractivity contribution in [3.8, 4) is 0 Å². The van der Waals surface area contributed by atoms with Crippen LogP contribution in [0.5, 0.6) is 0 Å². The smallest absolute Gasteiger partial charge is 0.269 e. The number of aromatic nitrogens is 3. The molecular formula is C17H21N5O2. The predicted octanol–water partition coefficient (Wildman–Crippen LogP) is 0.927. The minimum absolute atomic E-state index is 0.173. The molecule has 3 rings (SSSR count). The Morgan fingerprint density at radius 1 is 1.33 bits per heavy atom. The summed E-state index contributed by atoms with van der Waals surface area (Å²) in [5.74, 6) is 0.817. The average molecular weight is 327 g/mol. The quantitative estimate of drug-likeness (QED) is 0.900. The molecule has 1 aliphatic heterocycles. The molecule has 1 fully saturated rings. The maximum atomic E-state index is 11.7. The average Bonchev–Trinajstić information content (AvgIpc) is 2.87. The maximum Gasteiger partial charge on any atom is 0.269 e. The van der Waals surface area contributed by atoms with Gasteiger partial charge < -0.3 is 15.0 Å². The Hall–Kier alpha value is -2.54. The summed E-state index contributed by atoms with van der Waals surface area (Å²) < 4.78 is 5.73. The number of pyridine rings is 1. The molecule has 1 saturated heterocycles. The van der Waals surface area contributed by atoms with Crippen molar-refractivity contribution < 1.29 is 9.53 Å². The summed E-state index contributed by atoms with van der Waals surface area (Å²) in [6.07, 6.45) is 4.24. The first kappa shape index (κ1) is 16.3. The van der Waals surface area contributed by atoms with Crippen LogP contribution in [0.4, 0.5) is 5.95 Å². The monoisotopic (exact) mass is 327 g/mol. The Kier molecular flexibility index (Phi) is 5.32. The molecule has 7 heteroatoms. The van der Waals surface area contributed by atoms with E-state index in [2.05, 4.69) is 25.2 Å². The van der Waals surface area contributed by atoms with E-state index in [9.17, 15) is 4.79 Å². The number of rotatable bonds is 4. The van der Waals surface area contributed by atoms with Gasteiger partial charge in [-0.3, -0.25) is 4.79 Å². The van der Waals surface area contributed by atoms with Gasteiger partial charge in [-0.15, -0.1) is 0 Å². The van der Waals surface area contributed by atoms with E-state index >= 15 is 0 Å². The molecule has 0 unspecified atom stereocenters. The number of ether oxygens (including phenoxy) is 1. The zero-order valence-electron chi connectivity index (χ0n) is 13.7. The third-order valence-electron chi connectivity index (χ3n) is 3.94. The van der Waals surface area contributed by atoms with Gasteiger partial charge >= 0.3 is 0 Å². The lowest BCUT2D eigenvalue weighted by molar-refractivity contribution is 0.0957. The topological polar surface area (TPSA) is 80.2 Å². The fourth-order valence-electron chi connectivity index (χ4n) is 2.78. The number of nitrogens with zero attached hydrogens (tertiary/aromatic N) is 4. The van der Waals surface area contributed by atoms with Gasteiger partial charge in [-0.1, -0.05) is 6.07 Å². The zero-order chi connectivity index (χ0) is 16.8. The number of hydrogen-bond acceptors (Lipinski definition) is 6. The van der Waals surface area contributed by atoms with Crippen molar-refractivity contribution in [1.29, 1.82) is 0 Å². The first-order valence-electron chi connectivity index (χ1n) is 8.04. The van der Waals surface area contributed by atoms with Gasteiger partial charge in [-0.05, 0) is 24.6 Å². The minimum Gasteiger partial charge on any atom is -0.379 e. The fourth-order valence-corrected chi connectivity index (χ4v) is 2.78. The summed E-state index contributed by atoms with van der Waals surface area (Å²) in [7, 11) is 1.60. The number of hydrogen-bond donors (Lipinski definition) is 1. The summed E-state index contributed by atoms with van der Waals surface area (Å²) in [5.41, 5.74) is 1.33. The molecule has 1 atom stereocenters. The second-order valence-electron chi connectivity index (χ2n) is 5.73. The number of nitrogens with one attached hydrogen (secondary N) is 1. The lowest BCUT2D eigenvalue weighted by Gasteiger charge is -2.23. The normalized spacial score (nSPS) is 18.0. The van der Waals surface area contributed by atoms with E-state index in [1.807, 2.05) is 18.2 Å². The highest BCUT2D eigenvalue weighted by atomic mass is 16.5. The van der Waals surface area contributed by atoms with Crippen LogP contribution in [-0.2, 0) is 11.2 Å². The van der Waals surface area contributed by atoms with Crippen LogP contribution in [0.2, 0.25) is 0 Å². The second kappa shape index (κ2) is 7.83. The highest BCUT2D eigenvalue weighted by Gasteiger charge is 2.21. The van der Waals surface area contributed by atoms with E-state index in [0.717, 1.165) is 31.2 Å². The number of carbonyl (C=O) groups is 1. The van der Waals surface area contributed by atoms with Crippen LogP contribution in [0.15, 0.2) is 36.7 Å². The molecule has 2 aromatic heterocycles. The molecule has 1 N–H and O–H groups in total. The molecule has 0 saturated carbocycles. The van der Waals surface area contributed by atoms with Crippen LogP contribution in [0.3, 0.4) is 0 Å². The third-order valence-corrected chi connectivity index (χ3v) is 3.94. The molecule has 7 nitrogen and oxygen atoms in total. The Labute approximate surface area is 141 Å². The van der Waals surface area contributed by atoms with E-state index in [-0.39, 0.29) is 11.8 Å². The van der Waals surface area contributed by atoms with Crippen LogP contribution in [-0.4, -0.2) is 54.2 Å². The van der Waals surface area contributed by atoms with E-state index in [0.29, 0.717) is 18.9 Å². The van der Waals surface area contributed by atoms with Crippen LogP contribution >= 0.6 is 0 Å². The van der Waals surface area contributed by atoms with E-state index < -0.39 is 0 Å². The van der Waals surface area contributed by atoms with Crippen molar-refractivity contribution in [3.05, 3.63) is 48.0 Å². The molecule has 1 aliphatic rings. The summed E-state index contributed by atoms with van der Waals surface area (Å²) in [4.78, 5) is 27.0. The highest BCUT2D eigenvalue weighted by molar-refractivity contribution is 5.91. The summed E-state index contributed by atoms with van der Waals surface area (Å²) >= 11 is 0. The Morgan fingerprint density at radius 2 is 2.17 bits per heavy atom. The molecule has 3 heterocycles. The zero-order valence-corrected chi connectivity index (χ0v) is 13.7. The second-order valence-corrected chi connectivity index (χ2v) is 5.73. The summed E-state index contributed by atoms with van der Waals surface area (Å²) in [6.45, 7) is 2.89. The molecule has 0 aromatic carbocycles. The van der Waals surface area contributed by atoms with Crippen LogP contribution in [0.25, 0.3) is 0 Å². The molecular weight excluding hydrogens is 306 g/mol. The Balaban J connectivity index is 1.71. The lowest BCUT2D eigenvalue weighted by Crippen LogP contribution is -2.32. The fraction of sp³-hybridized carbons (Fsp3) is 0.412. The number of carbonyl (C=O) groups excluding carboxylic acids is 1. The van der Waals surface area contributed by atoms with Crippen molar-refractivity contribution in [2.24, 2.45) is 5.92 Å². The van der Waals surface area contributed by atoms with Crippen LogP contribution in [0.1, 0.15) is 16.2 Å². The van der Waals surface area contributed by atoms with Crippen molar-refractivity contribution in [3.63, 3.8) is 0 Å².